The minimum absolute atomic E-state index is 0. The van der Waals surface area contributed by atoms with Crippen molar-refractivity contribution in [2.75, 3.05) is 39.3 Å². The van der Waals surface area contributed by atoms with Gasteiger partial charge in [0.25, 0.3) is 0 Å². The number of aliphatic carboxylic acids is 4. The van der Waals surface area contributed by atoms with Gasteiger partial charge in [0.2, 0.25) is 0 Å². The number of hydrogen-bond donors (Lipinski definition) is 0. The molecule has 22 heavy (non-hydrogen) atoms. The maximum atomic E-state index is 10.4. The van der Waals surface area contributed by atoms with Crippen LogP contribution in [0.5, 0.6) is 0 Å². The standard InChI is InChI=1S/C10H16N2O8.Co.Na/c13-7(14)3-11(4-8(15)16)1-2-12(5-9(17)18)6-10(19)20;;/h1-6H2,(H,13,14)(H,15,16)(H,17,18)(H,19,20);;/q;+3;+1/p-4. The Hall–Kier alpha value is -0.694. The predicted molar refractivity (Wildman–Crippen MR) is 52.9 cm³/mol. The molecule has 0 N–H and O–H groups in total. The van der Waals surface area contributed by atoms with E-state index in [1.807, 2.05) is 0 Å². The van der Waals surface area contributed by atoms with Crippen LogP contribution in [0.2, 0.25) is 0 Å². The van der Waals surface area contributed by atoms with E-state index < -0.39 is 50.1 Å². The third-order valence-corrected chi connectivity index (χ3v) is 2.14. The molecule has 0 spiro atoms. The summed E-state index contributed by atoms with van der Waals surface area (Å²) in [6.07, 6.45) is 0. The Bertz CT molecular complexity index is 327. The van der Waals surface area contributed by atoms with Gasteiger partial charge in [-0.25, -0.2) is 0 Å². The topological polar surface area (TPSA) is 167 Å². The molecule has 0 fully saturated rings. The van der Waals surface area contributed by atoms with Crippen LogP contribution in [0, 0.1) is 0 Å². The second kappa shape index (κ2) is 13.9. The zero-order chi connectivity index (χ0) is 15.7. The van der Waals surface area contributed by atoms with E-state index in [0.29, 0.717) is 0 Å². The average Bonchev–Trinajstić information content (AvgIpc) is 2.22. The minimum atomic E-state index is -1.53. The maximum Gasteiger partial charge on any atom is 3.00 e. The number of hydrogen-bond acceptors (Lipinski definition) is 10. The molecule has 0 heterocycles. The van der Waals surface area contributed by atoms with Crippen LogP contribution in [-0.2, 0) is 36.0 Å². The first-order valence-electron chi connectivity index (χ1n) is 5.44. The molecule has 0 unspecified atom stereocenters. The first kappa shape index (κ1) is 26.2. The quantitative estimate of drug-likeness (QED) is 0.319. The zero-order valence-electron chi connectivity index (χ0n) is 11.7. The van der Waals surface area contributed by atoms with Gasteiger partial charge < -0.3 is 39.6 Å². The maximum absolute atomic E-state index is 10.4. The molecule has 0 aromatic carbocycles. The summed E-state index contributed by atoms with van der Waals surface area (Å²) in [4.78, 5) is 43.4. The Morgan fingerprint density at radius 1 is 0.591 bits per heavy atom. The van der Waals surface area contributed by atoms with Crippen LogP contribution in [0.25, 0.3) is 0 Å². The molecule has 0 saturated heterocycles. The molecule has 0 aliphatic carbocycles. The number of rotatable bonds is 11. The van der Waals surface area contributed by atoms with E-state index in [0.717, 1.165) is 9.80 Å². The summed E-state index contributed by atoms with van der Waals surface area (Å²) in [7, 11) is 0. The van der Waals surface area contributed by atoms with Gasteiger partial charge in [-0.3, -0.25) is 9.80 Å². The van der Waals surface area contributed by atoms with Gasteiger partial charge in [-0.15, -0.1) is 0 Å². The number of carboxylic acids is 4. The van der Waals surface area contributed by atoms with E-state index in [1.165, 1.54) is 0 Å². The molecular weight excluding hydrogens is 358 g/mol. The SMILES string of the molecule is O=C([O-])CN(CCN(CC(=O)[O-])CC(=O)[O-])CC(=O)[O-].[Co+3].[Na+]. The van der Waals surface area contributed by atoms with Gasteiger partial charge in [0, 0.05) is 39.3 Å². The number of carbonyl (C=O) groups is 4. The van der Waals surface area contributed by atoms with E-state index in [9.17, 15) is 39.6 Å². The van der Waals surface area contributed by atoms with Crippen molar-refractivity contribution in [1.82, 2.24) is 9.80 Å². The van der Waals surface area contributed by atoms with Gasteiger partial charge in [0.1, 0.15) is 0 Å². The largest absolute Gasteiger partial charge is 3.00 e. The zero-order valence-corrected chi connectivity index (χ0v) is 14.8. The molecule has 0 atom stereocenters. The minimum Gasteiger partial charge on any atom is -0.549 e. The van der Waals surface area contributed by atoms with E-state index in [-0.39, 0.29) is 59.4 Å². The van der Waals surface area contributed by atoms with Gasteiger partial charge in [-0.2, -0.15) is 0 Å². The van der Waals surface area contributed by atoms with Crippen molar-refractivity contribution in [1.29, 1.82) is 0 Å². The van der Waals surface area contributed by atoms with Crippen LogP contribution in [-0.4, -0.2) is 72.9 Å². The third-order valence-electron chi connectivity index (χ3n) is 2.14. The molecule has 0 aromatic rings. The smallest absolute Gasteiger partial charge is 0.549 e. The molecule has 120 valence electrons. The van der Waals surface area contributed by atoms with Crippen molar-refractivity contribution in [2.45, 2.75) is 0 Å². The van der Waals surface area contributed by atoms with Crippen LogP contribution >= 0.6 is 0 Å². The van der Waals surface area contributed by atoms with Crippen molar-refractivity contribution >= 4 is 23.9 Å². The van der Waals surface area contributed by atoms with Gasteiger partial charge in [0.05, 0.1) is 23.9 Å². The summed E-state index contributed by atoms with van der Waals surface area (Å²) in [5.74, 6) is -6.12. The molecular formula is C10H12CoN2NaO8. The van der Waals surface area contributed by atoms with E-state index in [4.69, 9.17) is 0 Å². The molecule has 12 heteroatoms. The number of carboxylic acid groups (broad SMARTS) is 4. The van der Waals surface area contributed by atoms with Crippen molar-refractivity contribution in [3.63, 3.8) is 0 Å². The van der Waals surface area contributed by atoms with Crippen molar-refractivity contribution in [3.8, 4) is 0 Å². The fraction of sp³-hybridized carbons (Fsp3) is 0.600. The molecule has 0 aliphatic heterocycles. The second-order valence-electron chi connectivity index (χ2n) is 3.91. The monoisotopic (exact) mass is 370 g/mol. The van der Waals surface area contributed by atoms with E-state index >= 15 is 0 Å². The van der Waals surface area contributed by atoms with Crippen molar-refractivity contribution < 1.29 is 85.9 Å². The van der Waals surface area contributed by atoms with E-state index in [2.05, 4.69) is 0 Å². The van der Waals surface area contributed by atoms with Gasteiger partial charge in [-0.1, -0.05) is 0 Å². The fourth-order valence-corrected chi connectivity index (χ4v) is 1.44. The first-order valence-corrected chi connectivity index (χ1v) is 5.44. The summed E-state index contributed by atoms with van der Waals surface area (Å²) in [6, 6.07) is 0. The molecule has 0 aliphatic rings. The normalized spacial score (nSPS) is 9.73. The van der Waals surface area contributed by atoms with Gasteiger partial charge in [0.15, 0.2) is 0 Å². The van der Waals surface area contributed by atoms with Gasteiger partial charge >= 0.3 is 46.3 Å². The molecule has 0 amide bonds. The summed E-state index contributed by atoms with van der Waals surface area (Å²) >= 11 is 0. The Morgan fingerprint density at radius 2 is 0.773 bits per heavy atom. The van der Waals surface area contributed by atoms with Crippen LogP contribution in [0.15, 0.2) is 0 Å². The van der Waals surface area contributed by atoms with Crippen molar-refractivity contribution in [3.05, 3.63) is 0 Å². The van der Waals surface area contributed by atoms with Crippen molar-refractivity contribution in [2.24, 2.45) is 0 Å². The van der Waals surface area contributed by atoms with Crippen LogP contribution in [0.3, 0.4) is 0 Å². The van der Waals surface area contributed by atoms with Gasteiger partial charge in [-0.05, 0) is 0 Å². The molecule has 0 bridgehead atoms. The molecule has 0 saturated carbocycles. The second-order valence-corrected chi connectivity index (χ2v) is 3.91. The summed E-state index contributed by atoms with van der Waals surface area (Å²) in [5.41, 5.74) is 0. The molecule has 0 aromatic heterocycles. The molecule has 0 rings (SSSR count). The summed E-state index contributed by atoms with van der Waals surface area (Å²) < 4.78 is 0. The first-order chi connectivity index (χ1) is 9.20. The Morgan fingerprint density at radius 3 is 0.909 bits per heavy atom. The predicted octanol–water partition coefficient (Wildman–Crippen LogP) is -10.4. The number of nitrogens with zero attached hydrogens (tertiary/aromatic N) is 2. The Kier molecular flexibility index (Phi) is 16.6. The van der Waals surface area contributed by atoms with Crippen LogP contribution < -0.4 is 50.0 Å². The Balaban J connectivity index is -0.00000180. The summed E-state index contributed by atoms with van der Waals surface area (Å²) in [6.45, 7) is -3.25. The summed E-state index contributed by atoms with van der Waals surface area (Å²) in [5, 5.41) is 41.6. The molecule has 0 radical (unpaired) electrons. The van der Waals surface area contributed by atoms with E-state index in [1.54, 1.807) is 0 Å². The van der Waals surface area contributed by atoms with Crippen LogP contribution in [0.1, 0.15) is 0 Å². The number of carbonyl (C=O) groups excluding carboxylic acids is 4. The van der Waals surface area contributed by atoms with Crippen LogP contribution in [0.4, 0.5) is 0 Å². The third kappa shape index (κ3) is 15.7. The molecule has 10 nitrogen and oxygen atoms in total. The fourth-order valence-electron chi connectivity index (χ4n) is 1.44. The Labute approximate surface area is 158 Å². The average molecular weight is 370 g/mol.